The SMILES string of the molecule is [2H]C([2H])([2H])C(=O)O[C@H](COC(=O)CCCCCCCCCCCCCCCC)COP(=O)(O)OCC[N+](C)(C)C. The molecule has 0 amide bonds. The Morgan fingerprint density at radius 3 is 1.84 bits per heavy atom. The van der Waals surface area contributed by atoms with Crippen LogP contribution >= 0.6 is 7.82 Å². The van der Waals surface area contributed by atoms with E-state index in [2.05, 4.69) is 6.92 Å². The third-order valence-electron chi connectivity index (χ3n) is 5.88. The predicted octanol–water partition coefficient (Wildman–Crippen LogP) is 6.17. The Morgan fingerprint density at radius 2 is 1.35 bits per heavy atom. The minimum absolute atomic E-state index is 0.0643. The van der Waals surface area contributed by atoms with Gasteiger partial charge < -0.3 is 18.9 Å². The molecule has 0 bridgehead atoms. The molecule has 2 atom stereocenters. The van der Waals surface area contributed by atoms with E-state index in [1.54, 1.807) is 0 Å². The zero-order chi connectivity index (χ0) is 30.5. The van der Waals surface area contributed by atoms with Gasteiger partial charge in [0, 0.05) is 17.4 Å². The molecule has 0 aliphatic rings. The average molecular weight is 556 g/mol. The average Bonchev–Trinajstić information content (AvgIpc) is 2.84. The second-order valence-corrected chi connectivity index (χ2v) is 12.1. The molecule has 9 nitrogen and oxygen atoms in total. The van der Waals surface area contributed by atoms with E-state index in [1.165, 1.54) is 64.2 Å². The van der Waals surface area contributed by atoms with Gasteiger partial charge in [-0.2, -0.15) is 0 Å². The van der Waals surface area contributed by atoms with Gasteiger partial charge in [-0.1, -0.05) is 90.4 Å². The number of esters is 2. The van der Waals surface area contributed by atoms with Crippen LogP contribution in [-0.4, -0.2) is 74.9 Å². The molecule has 0 aliphatic heterocycles. The summed E-state index contributed by atoms with van der Waals surface area (Å²) in [6.07, 6.45) is 15.6. The van der Waals surface area contributed by atoms with E-state index in [-0.39, 0.29) is 13.0 Å². The molecule has 0 aromatic carbocycles. The highest BCUT2D eigenvalue weighted by Crippen LogP contribution is 2.43. The Morgan fingerprint density at radius 1 is 0.838 bits per heavy atom. The number of hydrogen-bond donors (Lipinski definition) is 1. The highest BCUT2D eigenvalue weighted by molar-refractivity contribution is 7.47. The number of carbonyl (C=O) groups excluding carboxylic acids is 2. The van der Waals surface area contributed by atoms with Crippen molar-refractivity contribution in [1.29, 1.82) is 0 Å². The Hall–Kier alpha value is -0.990. The number of nitrogens with zero attached hydrogens (tertiary/aromatic N) is 1. The lowest BCUT2D eigenvalue weighted by Gasteiger charge is -2.24. The summed E-state index contributed by atoms with van der Waals surface area (Å²) in [5.41, 5.74) is 0. The third kappa shape index (κ3) is 26.4. The van der Waals surface area contributed by atoms with E-state index in [4.69, 9.17) is 22.6 Å². The number of phosphoric ester groups is 1. The third-order valence-corrected chi connectivity index (χ3v) is 6.86. The summed E-state index contributed by atoms with van der Waals surface area (Å²) in [7, 11) is 1.15. The molecule has 1 unspecified atom stereocenters. The number of likely N-dealkylation sites (N-methyl/N-ethyl adjacent to an activating group) is 1. The Kier molecular flexibility index (Phi) is 18.1. The van der Waals surface area contributed by atoms with E-state index in [0.29, 0.717) is 17.4 Å². The van der Waals surface area contributed by atoms with Crippen molar-refractivity contribution in [3.8, 4) is 0 Å². The molecule has 1 N–H and O–H groups in total. The first kappa shape index (κ1) is 30.6. The van der Waals surface area contributed by atoms with Gasteiger partial charge >= 0.3 is 19.8 Å². The topological polar surface area (TPSA) is 108 Å². The van der Waals surface area contributed by atoms with Crippen LogP contribution in [-0.2, 0) is 32.7 Å². The lowest BCUT2D eigenvalue weighted by molar-refractivity contribution is -0.870. The van der Waals surface area contributed by atoms with Crippen LogP contribution in [0, 0.1) is 0 Å². The predicted molar refractivity (Wildman–Crippen MR) is 146 cm³/mol. The first-order valence-electron chi connectivity index (χ1n) is 15.5. The van der Waals surface area contributed by atoms with E-state index in [9.17, 15) is 19.0 Å². The van der Waals surface area contributed by atoms with Crippen molar-refractivity contribution in [3.63, 3.8) is 0 Å². The minimum Gasteiger partial charge on any atom is -0.462 e. The van der Waals surface area contributed by atoms with Crippen LogP contribution in [0.5, 0.6) is 0 Å². The minimum atomic E-state index is -4.49. The van der Waals surface area contributed by atoms with Gasteiger partial charge in [0.25, 0.3) is 0 Å². The van der Waals surface area contributed by atoms with Crippen LogP contribution in [0.25, 0.3) is 0 Å². The molecule has 10 heteroatoms. The van der Waals surface area contributed by atoms with Crippen LogP contribution in [0.4, 0.5) is 0 Å². The first-order valence-corrected chi connectivity index (χ1v) is 15.4. The zero-order valence-electron chi connectivity index (χ0n) is 26.7. The lowest BCUT2D eigenvalue weighted by atomic mass is 10.0. The van der Waals surface area contributed by atoms with Crippen molar-refractivity contribution in [1.82, 2.24) is 0 Å². The molecule has 220 valence electrons. The van der Waals surface area contributed by atoms with Crippen LogP contribution in [0.3, 0.4) is 0 Å². The van der Waals surface area contributed by atoms with Crippen LogP contribution in [0.1, 0.15) is 114 Å². The quantitative estimate of drug-likeness (QED) is 0.0616. The van der Waals surface area contributed by atoms with E-state index < -0.39 is 45.9 Å². The number of hydrogen-bond acceptors (Lipinski definition) is 7. The van der Waals surface area contributed by atoms with Gasteiger partial charge in [-0.05, 0) is 6.42 Å². The molecule has 0 rings (SSSR count). The normalized spacial score (nSPS) is 15.8. The van der Waals surface area contributed by atoms with Gasteiger partial charge in [0.15, 0.2) is 6.10 Å². The zero-order valence-corrected chi connectivity index (χ0v) is 24.6. The number of unbranched alkanes of at least 4 members (excludes halogenated alkanes) is 13. The second kappa shape index (κ2) is 21.9. The fourth-order valence-electron chi connectivity index (χ4n) is 3.63. The molecule has 0 fully saturated rings. The van der Waals surface area contributed by atoms with Gasteiger partial charge in [0.2, 0.25) is 0 Å². The Balaban J connectivity index is 4.22. The number of quaternary nitrogens is 1. The van der Waals surface area contributed by atoms with E-state index in [1.807, 2.05) is 21.1 Å². The molecule has 0 spiro atoms. The Bertz CT molecular complexity index is 732. The molecule has 0 saturated heterocycles. The summed E-state index contributed by atoms with van der Waals surface area (Å²) in [6.45, 7) is -1.61. The fourth-order valence-corrected chi connectivity index (χ4v) is 4.38. The molecule has 0 radical (unpaired) electrons. The molecule has 0 saturated carbocycles. The maximum atomic E-state index is 12.1. The molecule has 37 heavy (non-hydrogen) atoms. The molecule has 0 aromatic heterocycles. The molecular formula is C27H55NO8P+. The van der Waals surface area contributed by atoms with Gasteiger partial charge in [0.05, 0.1) is 27.7 Å². The largest absolute Gasteiger partial charge is 0.472 e. The van der Waals surface area contributed by atoms with Gasteiger partial charge in [0.1, 0.15) is 19.8 Å². The summed E-state index contributed by atoms with van der Waals surface area (Å²) in [5.74, 6) is -2.05. The van der Waals surface area contributed by atoms with Crippen molar-refractivity contribution < 1.29 is 46.2 Å². The smallest absolute Gasteiger partial charge is 0.462 e. The standard InChI is InChI=1S/C27H54NO8P/c1-6-7-8-9-10-11-12-13-14-15-16-17-18-19-20-27(30)33-23-26(36-25(2)29)24-35-37(31,32)34-22-21-28(3,4)5/h26H,6-24H2,1-5H3/p+1/t26-/m1/s1/i2D3. The number of phosphoric acid groups is 1. The monoisotopic (exact) mass is 555 g/mol. The summed E-state index contributed by atoms with van der Waals surface area (Å²) < 4.78 is 53.9. The summed E-state index contributed by atoms with van der Waals surface area (Å²) >= 11 is 0. The number of rotatable bonds is 25. The van der Waals surface area contributed by atoms with Gasteiger partial charge in [-0.3, -0.25) is 18.6 Å². The van der Waals surface area contributed by atoms with Crippen molar-refractivity contribution in [2.45, 2.75) is 116 Å². The van der Waals surface area contributed by atoms with Crippen molar-refractivity contribution in [2.24, 2.45) is 0 Å². The maximum absolute atomic E-state index is 12.1. The summed E-state index contributed by atoms with van der Waals surface area (Å²) in [4.78, 5) is 33.8. The van der Waals surface area contributed by atoms with Crippen LogP contribution in [0.15, 0.2) is 0 Å². The molecule has 0 aromatic rings. The highest BCUT2D eigenvalue weighted by atomic mass is 31.2. The van der Waals surface area contributed by atoms with Crippen LogP contribution < -0.4 is 0 Å². The van der Waals surface area contributed by atoms with Gasteiger partial charge in [-0.15, -0.1) is 0 Å². The van der Waals surface area contributed by atoms with E-state index >= 15 is 0 Å². The number of ether oxygens (including phenoxy) is 2. The van der Waals surface area contributed by atoms with E-state index in [0.717, 1.165) is 19.3 Å². The second-order valence-electron chi connectivity index (χ2n) is 10.7. The molecular weight excluding hydrogens is 497 g/mol. The number of carbonyl (C=O) groups is 2. The van der Waals surface area contributed by atoms with Gasteiger partial charge in [-0.25, -0.2) is 4.57 Å². The first-order chi connectivity index (χ1) is 18.7. The summed E-state index contributed by atoms with van der Waals surface area (Å²) in [6, 6.07) is 0. The molecule has 0 aliphatic carbocycles. The highest BCUT2D eigenvalue weighted by Gasteiger charge is 2.26. The van der Waals surface area contributed by atoms with Crippen molar-refractivity contribution >= 4 is 19.8 Å². The van der Waals surface area contributed by atoms with Crippen molar-refractivity contribution in [3.05, 3.63) is 0 Å². The van der Waals surface area contributed by atoms with Crippen molar-refractivity contribution in [2.75, 3.05) is 47.5 Å². The summed E-state index contributed by atoms with van der Waals surface area (Å²) in [5, 5.41) is 0. The fraction of sp³-hybridized carbons (Fsp3) is 0.926. The van der Waals surface area contributed by atoms with Crippen LogP contribution in [0.2, 0.25) is 0 Å². The molecule has 0 heterocycles. The maximum Gasteiger partial charge on any atom is 0.472 e. The Labute approximate surface area is 230 Å². The lowest BCUT2D eigenvalue weighted by Crippen LogP contribution is -2.37.